The van der Waals surface area contributed by atoms with E-state index in [1.165, 1.54) is 23.1 Å². The molecule has 1 fully saturated rings. The number of benzene rings is 3. The van der Waals surface area contributed by atoms with Crippen LogP contribution in [0.2, 0.25) is 5.02 Å². The first-order valence-electron chi connectivity index (χ1n) is 12.8. The molecule has 0 aromatic heterocycles. The Labute approximate surface area is 233 Å². The van der Waals surface area contributed by atoms with Crippen LogP contribution in [-0.4, -0.2) is 44.6 Å². The molecule has 0 radical (unpaired) electrons. The van der Waals surface area contributed by atoms with Crippen LogP contribution < -0.4 is 10.6 Å². The third-order valence-electron chi connectivity index (χ3n) is 6.76. The lowest BCUT2D eigenvalue weighted by Gasteiger charge is -2.29. The molecule has 0 spiro atoms. The van der Waals surface area contributed by atoms with Crippen LogP contribution >= 0.6 is 11.6 Å². The maximum atomic E-state index is 15.0. The second kappa shape index (κ2) is 12.6. The van der Waals surface area contributed by atoms with E-state index in [9.17, 15) is 18.0 Å². The number of halogens is 2. The number of nitrogens with one attached hydrogen (secondary N) is 2. The Morgan fingerprint density at radius 2 is 1.67 bits per heavy atom. The first-order valence-corrected chi connectivity index (χ1v) is 15.1. The molecule has 10 heteroatoms. The second-order valence-corrected chi connectivity index (χ2v) is 12.3. The summed E-state index contributed by atoms with van der Waals surface area (Å²) in [7, 11) is -3.52. The minimum atomic E-state index is -3.52. The lowest BCUT2D eigenvalue weighted by molar-refractivity contribution is -0.116. The molecule has 7 nitrogen and oxygen atoms in total. The maximum Gasteiger partial charge on any atom is 0.322 e. The Hall–Kier alpha value is -3.43. The molecule has 3 aromatic rings. The van der Waals surface area contributed by atoms with Gasteiger partial charge in [-0.3, -0.25) is 4.79 Å². The molecule has 0 saturated heterocycles. The summed E-state index contributed by atoms with van der Waals surface area (Å²) in [5, 5.41) is 5.91. The van der Waals surface area contributed by atoms with Gasteiger partial charge in [0.25, 0.3) is 0 Å². The molecule has 0 unspecified atom stereocenters. The molecule has 206 valence electrons. The minimum absolute atomic E-state index is 0.0590. The number of carbonyl (C=O) groups is 2. The van der Waals surface area contributed by atoms with Gasteiger partial charge in [-0.2, -0.15) is 0 Å². The summed E-state index contributed by atoms with van der Waals surface area (Å²) in [6, 6.07) is 16.7. The van der Waals surface area contributed by atoms with Crippen molar-refractivity contribution in [3.8, 4) is 11.1 Å². The van der Waals surface area contributed by atoms with Gasteiger partial charge in [0.15, 0.2) is 9.84 Å². The zero-order chi connectivity index (χ0) is 28.0. The summed E-state index contributed by atoms with van der Waals surface area (Å²) in [5.74, 6) is -0.970. The predicted molar refractivity (Wildman–Crippen MR) is 152 cm³/mol. The Morgan fingerprint density at radius 1 is 0.974 bits per heavy atom. The van der Waals surface area contributed by atoms with Crippen LogP contribution in [-0.2, 0) is 14.6 Å². The first kappa shape index (κ1) is 28.6. The van der Waals surface area contributed by atoms with Crippen molar-refractivity contribution >= 4 is 44.8 Å². The van der Waals surface area contributed by atoms with Crippen LogP contribution in [0.3, 0.4) is 0 Å². The van der Waals surface area contributed by atoms with Crippen molar-refractivity contribution < 1.29 is 22.4 Å². The monoisotopic (exact) mass is 571 g/mol. The molecule has 4 rings (SSSR count). The minimum Gasteiger partial charge on any atom is -0.322 e. The molecule has 2 N–H and O–H groups in total. The summed E-state index contributed by atoms with van der Waals surface area (Å²) in [6.07, 6.45) is 6.40. The lowest BCUT2D eigenvalue weighted by Crippen LogP contribution is -2.43. The van der Waals surface area contributed by atoms with Gasteiger partial charge in [0.1, 0.15) is 12.4 Å². The molecule has 0 atom stereocenters. The molecule has 1 aliphatic carbocycles. The Morgan fingerprint density at radius 3 is 2.33 bits per heavy atom. The van der Waals surface area contributed by atoms with Gasteiger partial charge in [0, 0.05) is 29.1 Å². The van der Waals surface area contributed by atoms with Crippen molar-refractivity contribution in [1.82, 2.24) is 4.90 Å². The highest BCUT2D eigenvalue weighted by Crippen LogP contribution is 2.30. The molecule has 3 aromatic carbocycles. The molecule has 1 aliphatic rings. The van der Waals surface area contributed by atoms with Gasteiger partial charge in [0.2, 0.25) is 5.91 Å². The number of amides is 3. The van der Waals surface area contributed by atoms with Crippen LogP contribution in [0.15, 0.2) is 71.6 Å². The van der Waals surface area contributed by atoms with Crippen molar-refractivity contribution in [2.24, 2.45) is 5.92 Å². The van der Waals surface area contributed by atoms with Crippen molar-refractivity contribution in [2.75, 3.05) is 30.0 Å². The first-order chi connectivity index (χ1) is 18.6. The van der Waals surface area contributed by atoms with E-state index < -0.39 is 27.6 Å². The van der Waals surface area contributed by atoms with E-state index in [1.807, 2.05) is 0 Å². The van der Waals surface area contributed by atoms with E-state index in [0.29, 0.717) is 28.4 Å². The smallest absolute Gasteiger partial charge is 0.322 e. The third-order valence-corrected chi connectivity index (χ3v) is 8.17. The summed E-state index contributed by atoms with van der Waals surface area (Å²) in [4.78, 5) is 27.6. The van der Waals surface area contributed by atoms with E-state index in [4.69, 9.17) is 11.6 Å². The van der Waals surface area contributed by atoms with Crippen molar-refractivity contribution in [3.63, 3.8) is 0 Å². The number of anilines is 2. The summed E-state index contributed by atoms with van der Waals surface area (Å²) >= 11 is 5.94. The Bertz CT molecular complexity index is 1440. The lowest BCUT2D eigenvalue weighted by atomic mass is 9.89. The Kier molecular flexibility index (Phi) is 9.24. The van der Waals surface area contributed by atoms with Crippen LogP contribution in [0, 0.1) is 11.7 Å². The van der Waals surface area contributed by atoms with E-state index in [2.05, 4.69) is 10.6 Å². The topological polar surface area (TPSA) is 95.6 Å². The number of nitrogens with zero attached hydrogens (tertiary/aromatic N) is 1. The molecule has 1 saturated carbocycles. The fourth-order valence-corrected chi connectivity index (χ4v) is 5.85. The quantitative estimate of drug-likeness (QED) is 0.318. The van der Waals surface area contributed by atoms with Gasteiger partial charge in [-0.05, 0) is 66.8 Å². The van der Waals surface area contributed by atoms with Crippen LogP contribution in [0.5, 0.6) is 0 Å². The van der Waals surface area contributed by atoms with Crippen molar-refractivity contribution in [2.45, 2.75) is 37.0 Å². The van der Waals surface area contributed by atoms with Gasteiger partial charge in [0.05, 0.1) is 10.6 Å². The largest absolute Gasteiger partial charge is 0.322 e. The average molecular weight is 572 g/mol. The van der Waals surface area contributed by atoms with Gasteiger partial charge in [-0.15, -0.1) is 0 Å². The Balaban J connectivity index is 1.48. The SMILES string of the molecule is CS(=O)(=O)c1ccccc1-c1ccc(NC(=O)CN(CC2CCCCC2)C(=O)Nc2ccc(Cl)cc2)c(F)c1. The van der Waals surface area contributed by atoms with Gasteiger partial charge in [-0.1, -0.05) is 55.1 Å². The standard InChI is InChI=1S/C29H31ClFN3O4S/c1-39(37,38)27-10-6-5-9-24(27)21-11-16-26(25(31)17-21)33-28(35)19-34(18-20-7-3-2-4-8-20)29(36)32-23-14-12-22(30)13-15-23/h5-6,9-17,20H,2-4,7-8,18-19H2,1H3,(H,32,36)(H,33,35). The summed E-state index contributed by atoms with van der Waals surface area (Å²) < 4.78 is 39.4. The fraction of sp³-hybridized carbons (Fsp3) is 0.310. The van der Waals surface area contributed by atoms with E-state index >= 15 is 4.39 Å². The number of sulfone groups is 1. The average Bonchev–Trinajstić information content (AvgIpc) is 2.91. The molecular formula is C29H31ClFN3O4S. The maximum absolute atomic E-state index is 15.0. The highest BCUT2D eigenvalue weighted by atomic mass is 35.5. The van der Waals surface area contributed by atoms with E-state index in [1.54, 1.807) is 48.5 Å². The highest BCUT2D eigenvalue weighted by Gasteiger charge is 2.24. The van der Waals surface area contributed by atoms with Gasteiger partial charge < -0.3 is 15.5 Å². The van der Waals surface area contributed by atoms with E-state index in [-0.39, 0.29) is 23.0 Å². The van der Waals surface area contributed by atoms with Crippen LogP contribution in [0.4, 0.5) is 20.6 Å². The number of hydrogen-bond donors (Lipinski definition) is 2. The molecule has 3 amide bonds. The number of carbonyl (C=O) groups excluding carboxylic acids is 2. The van der Waals surface area contributed by atoms with Crippen LogP contribution in [0.1, 0.15) is 32.1 Å². The third kappa shape index (κ3) is 7.80. The fourth-order valence-electron chi connectivity index (χ4n) is 4.81. The molecule has 0 heterocycles. The molecule has 0 aliphatic heterocycles. The van der Waals surface area contributed by atoms with E-state index in [0.717, 1.165) is 38.4 Å². The van der Waals surface area contributed by atoms with Crippen molar-refractivity contribution in [3.05, 3.63) is 77.6 Å². The summed E-state index contributed by atoms with van der Waals surface area (Å²) in [6.45, 7) is 0.157. The highest BCUT2D eigenvalue weighted by molar-refractivity contribution is 7.90. The zero-order valence-corrected chi connectivity index (χ0v) is 23.2. The predicted octanol–water partition coefficient (Wildman–Crippen LogP) is 6.60. The second-order valence-electron chi connectivity index (χ2n) is 9.83. The van der Waals surface area contributed by atoms with Gasteiger partial charge >= 0.3 is 6.03 Å². The number of hydrogen-bond acceptors (Lipinski definition) is 4. The molecule has 39 heavy (non-hydrogen) atoms. The van der Waals surface area contributed by atoms with Crippen molar-refractivity contribution in [1.29, 1.82) is 0 Å². The van der Waals surface area contributed by atoms with Crippen LogP contribution in [0.25, 0.3) is 11.1 Å². The normalized spacial score (nSPS) is 14.0. The number of urea groups is 1. The summed E-state index contributed by atoms with van der Waals surface area (Å²) in [5.41, 5.74) is 1.23. The number of rotatable bonds is 8. The molecule has 0 bridgehead atoms. The molecular weight excluding hydrogens is 541 g/mol. The zero-order valence-electron chi connectivity index (χ0n) is 21.6. The van der Waals surface area contributed by atoms with Gasteiger partial charge in [-0.25, -0.2) is 17.6 Å².